The fourth-order valence-electron chi connectivity index (χ4n) is 1.36. The van der Waals surface area contributed by atoms with Gasteiger partial charge in [0, 0.05) is 10.4 Å². The van der Waals surface area contributed by atoms with Crippen molar-refractivity contribution in [1.82, 2.24) is 0 Å². The summed E-state index contributed by atoms with van der Waals surface area (Å²) >= 11 is 9.37. The Bertz CT molecular complexity index is 253. The molecule has 0 aliphatic heterocycles. The lowest BCUT2D eigenvalue weighted by Gasteiger charge is -2.18. The predicted octanol–water partition coefficient (Wildman–Crippen LogP) is 4.47. The molecule has 0 bridgehead atoms. The van der Waals surface area contributed by atoms with Crippen molar-refractivity contribution >= 4 is 27.5 Å². The van der Waals surface area contributed by atoms with Crippen LogP contribution in [0.1, 0.15) is 25.3 Å². The Kier molecular flexibility index (Phi) is 4.27. The highest BCUT2D eigenvalue weighted by molar-refractivity contribution is 9.09. The fourth-order valence-corrected chi connectivity index (χ4v) is 2.61. The molecule has 0 aliphatic rings. The minimum absolute atomic E-state index is 0.581. The highest BCUT2D eigenvalue weighted by atomic mass is 79.9. The van der Waals surface area contributed by atoms with Gasteiger partial charge in [-0.1, -0.05) is 53.5 Å². The maximum atomic E-state index is 5.83. The van der Waals surface area contributed by atoms with Crippen LogP contribution in [0, 0.1) is 5.92 Å². The van der Waals surface area contributed by atoms with E-state index in [1.165, 1.54) is 5.56 Å². The van der Waals surface area contributed by atoms with Crippen molar-refractivity contribution in [2.24, 2.45) is 5.92 Å². The lowest BCUT2D eigenvalue weighted by atomic mass is 9.90. The number of alkyl halides is 1. The second-order valence-corrected chi connectivity index (χ2v) is 4.64. The first-order chi connectivity index (χ1) is 6.15. The van der Waals surface area contributed by atoms with Gasteiger partial charge in [-0.2, -0.15) is 0 Å². The summed E-state index contributed by atoms with van der Waals surface area (Å²) < 4.78 is 0. The second-order valence-electron chi connectivity index (χ2n) is 3.56. The normalized spacial score (nSPS) is 13.3. The van der Waals surface area contributed by atoms with Crippen LogP contribution >= 0.6 is 27.5 Å². The summed E-state index contributed by atoms with van der Waals surface area (Å²) in [5.41, 5.74) is 1.36. The van der Waals surface area contributed by atoms with Crippen molar-refractivity contribution in [1.29, 1.82) is 0 Å². The Labute approximate surface area is 93.4 Å². The zero-order valence-electron chi connectivity index (χ0n) is 7.93. The highest BCUT2D eigenvalue weighted by Gasteiger charge is 2.13. The SMILES string of the molecule is CC(C)C(CBr)c1ccc(Cl)cc1. The van der Waals surface area contributed by atoms with Crippen LogP contribution in [0.4, 0.5) is 0 Å². The molecule has 0 spiro atoms. The van der Waals surface area contributed by atoms with Crippen molar-refractivity contribution < 1.29 is 0 Å². The summed E-state index contributed by atoms with van der Waals surface area (Å²) in [6.45, 7) is 4.47. The minimum Gasteiger partial charge on any atom is -0.0921 e. The van der Waals surface area contributed by atoms with Gasteiger partial charge in [-0.3, -0.25) is 0 Å². The van der Waals surface area contributed by atoms with Crippen LogP contribution < -0.4 is 0 Å². The molecule has 0 saturated heterocycles. The second kappa shape index (κ2) is 5.02. The third-order valence-corrected chi connectivity index (χ3v) is 3.22. The molecule has 0 saturated carbocycles. The monoisotopic (exact) mass is 260 g/mol. The van der Waals surface area contributed by atoms with Gasteiger partial charge < -0.3 is 0 Å². The molecule has 0 nitrogen and oxygen atoms in total. The average molecular weight is 262 g/mol. The van der Waals surface area contributed by atoms with E-state index in [9.17, 15) is 0 Å². The van der Waals surface area contributed by atoms with Crippen molar-refractivity contribution in [3.8, 4) is 0 Å². The van der Waals surface area contributed by atoms with Crippen LogP contribution in [0.2, 0.25) is 5.02 Å². The lowest BCUT2D eigenvalue weighted by Crippen LogP contribution is -2.07. The van der Waals surface area contributed by atoms with Gasteiger partial charge in [0.2, 0.25) is 0 Å². The van der Waals surface area contributed by atoms with E-state index in [0.717, 1.165) is 10.4 Å². The molecule has 1 atom stereocenters. The molecule has 0 amide bonds. The Morgan fingerprint density at radius 3 is 2.15 bits per heavy atom. The number of benzene rings is 1. The Hall–Kier alpha value is -0.0100. The summed E-state index contributed by atoms with van der Waals surface area (Å²) in [5.74, 6) is 1.23. The first-order valence-electron chi connectivity index (χ1n) is 4.46. The van der Waals surface area contributed by atoms with Gasteiger partial charge in [0.15, 0.2) is 0 Å². The molecule has 1 rings (SSSR count). The first-order valence-corrected chi connectivity index (χ1v) is 5.96. The van der Waals surface area contributed by atoms with Crippen molar-refractivity contribution in [3.05, 3.63) is 34.9 Å². The van der Waals surface area contributed by atoms with Gasteiger partial charge in [-0.15, -0.1) is 0 Å². The summed E-state index contributed by atoms with van der Waals surface area (Å²) in [7, 11) is 0. The zero-order valence-corrected chi connectivity index (χ0v) is 10.3. The molecule has 0 N–H and O–H groups in total. The summed E-state index contributed by atoms with van der Waals surface area (Å²) in [6, 6.07) is 8.12. The van der Waals surface area contributed by atoms with E-state index >= 15 is 0 Å². The van der Waals surface area contributed by atoms with Gasteiger partial charge in [-0.25, -0.2) is 0 Å². The van der Waals surface area contributed by atoms with Crippen LogP contribution in [0.5, 0.6) is 0 Å². The molecule has 0 radical (unpaired) electrons. The van der Waals surface area contributed by atoms with E-state index in [0.29, 0.717) is 11.8 Å². The average Bonchev–Trinajstić information content (AvgIpc) is 2.09. The third kappa shape index (κ3) is 2.99. The highest BCUT2D eigenvalue weighted by Crippen LogP contribution is 2.27. The number of hydrogen-bond donors (Lipinski definition) is 0. The quantitative estimate of drug-likeness (QED) is 0.704. The van der Waals surface area contributed by atoms with Crippen molar-refractivity contribution in [3.63, 3.8) is 0 Å². The van der Waals surface area contributed by atoms with Crippen LogP contribution in [0.25, 0.3) is 0 Å². The molecule has 1 unspecified atom stereocenters. The minimum atomic E-state index is 0.581. The van der Waals surface area contributed by atoms with Crippen LogP contribution in [-0.4, -0.2) is 5.33 Å². The van der Waals surface area contributed by atoms with E-state index in [4.69, 9.17) is 11.6 Å². The van der Waals surface area contributed by atoms with E-state index in [1.54, 1.807) is 0 Å². The Morgan fingerprint density at radius 2 is 1.77 bits per heavy atom. The first kappa shape index (κ1) is 11.1. The smallest absolute Gasteiger partial charge is 0.0406 e. The molecular formula is C11H14BrCl. The molecular weight excluding hydrogens is 247 g/mol. The van der Waals surface area contributed by atoms with Crippen LogP contribution in [0.15, 0.2) is 24.3 Å². The molecule has 2 heteroatoms. The van der Waals surface area contributed by atoms with Gasteiger partial charge in [0.05, 0.1) is 0 Å². The number of hydrogen-bond acceptors (Lipinski definition) is 0. The number of halogens is 2. The van der Waals surface area contributed by atoms with E-state index in [2.05, 4.69) is 41.9 Å². The topological polar surface area (TPSA) is 0 Å². The zero-order chi connectivity index (χ0) is 9.84. The maximum Gasteiger partial charge on any atom is 0.0406 e. The molecule has 1 aromatic rings. The Morgan fingerprint density at radius 1 is 1.23 bits per heavy atom. The van der Waals surface area contributed by atoms with Gasteiger partial charge >= 0.3 is 0 Å². The summed E-state index contributed by atoms with van der Waals surface area (Å²) in [4.78, 5) is 0. The van der Waals surface area contributed by atoms with Crippen molar-refractivity contribution in [2.45, 2.75) is 19.8 Å². The lowest BCUT2D eigenvalue weighted by molar-refractivity contribution is 0.544. The molecule has 72 valence electrons. The molecule has 13 heavy (non-hydrogen) atoms. The summed E-state index contributed by atoms with van der Waals surface area (Å²) in [6.07, 6.45) is 0. The van der Waals surface area contributed by atoms with Crippen LogP contribution in [-0.2, 0) is 0 Å². The molecule has 0 aromatic heterocycles. The van der Waals surface area contributed by atoms with E-state index in [-0.39, 0.29) is 0 Å². The molecule has 0 fully saturated rings. The number of rotatable bonds is 3. The van der Waals surface area contributed by atoms with E-state index in [1.807, 2.05) is 12.1 Å². The molecule has 0 heterocycles. The maximum absolute atomic E-state index is 5.83. The van der Waals surface area contributed by atoms with Crippen molar-refractivity contribution in [2.75, 3.05) is 5.33 Å². The largest absolute Gasteiger partial charge is 0.0921 e. The van der Waals surface area contributed by atoms with Gasteiger partial charge in [0.25, 0.3) is 0 Å². The van der Waals surface area contributed by atoms with E-state index < -0.39 is 0 Å². The Balaban J connectivity index is 2.86. The molecule has 1 aromatic carbocycles. The fraction of sp³-hybridized carbons (Fsp3) is 0.455. The van der Waals surface area contributed by atoms with Gasteiger partial charge in [0.1, 0.15) is 0 Å². The van der Waals surface area contributed by atoms with Gasteiger partial charge in [-0.05, 0) is 29.5 Å². The summed E-state index contributed by atoms with van der Waals surface area (Å²) in [5, 5.41) is 1.81. The molecule has 0 aliphatic carbocycles. The standard InChI is InChI=1S/C11H14BrCl/c1-8(2)11(7-12)9-3-5-10(13)6-4-9/h3-6,8,11H,7H2,1-2H3. The third-order valence-electron chi connectivity index (χ3n) is 2.27. The predicted molar refractivity (Wildman–Crippen MR) is 62.8 cm³/mol. The van der Waals surface area contributed by atoms with Crippen LogP contribution in [0.3, 0.4) is 0 Å².